The molecular weight excluding hydrogens is 239 g/mol. The number of nitrogens with zero attached hydrogens (tertiary/aromatic N) is 1. The van der Waals surface area contributed by atoms with Crippen molar-refractivity contribution in [2.45, 2.75) is 18.7 Å². The van der Waals surface area contributed by atoms with Crippen LogP contribution in [0.1, 0.15) is 6.42 Å². The summed E-state index contributed by atoms with van der Waals surface area (Å²) < 4.78 is 45.5. The van der Waals surface area contributed by atoms with Gasteiger partial charge in [0.15, 0.2) is 0 Å². The molecule has 17 heavy (non-hydrogen) atoms. The van der Waals surface area contributed by atoms with Crippen molar-refractivity contribution in [2.75, 3.05) is 47.1 Å². The Morgan fingerprint density at radius 2 is 1.94 bits per heavy atom. The third-order valence-electron chi connectivity index (χ3n) is 2.04. The van der Waals surface area contributed by atoms with Crippen LogP contribution in [0.2, 0.25) is 0 Å². The standard InChI is InChI=1S/C10H20F3NO3/c1-14(4-3-10(11,12)13)7-9(15)8-17-6-5-16-2/h9,15H,3-8H2,1-2H3. The summed E-state index contributed by atoms with van der Waals surface area (Å²) >= 11 is 0. The van der Waals surface area contributed by atoms with Gasteiger partial charge in [-0.05, 0) is 7.05 Å². The van der Waals surface area contributed by atoms with Crippen molar-refractivity contribution in [1.29, 1.82) is 0 Å². The van der Waals surface area contributed by atoms with E-state index < -0.39 is 18.7 Å². The van der Waals surface area contributed by atoms with Crippen LogP contribution in [-0.2, 0) is 9.47 Å². The van der Waals surface area contributed by atoms with E-state index in [1.807, 2.05) is 0 Å². The maximum absolute atomic E-state index is 11.9. The molecule has 1 atom stereocenters. The molecule has 0 rings (SSSR count). The minimum absolute atomic E-state index is 0.0969. The largest absolute Gasteiger partial charge is 0.390 e. The molecule has 0 radical (unpaired) electrons. The van der Waals surface area contributed by atoms with Crippen molar-refractivity contribution >= 4 is 0 Å². The van der Waals surface area contributed by atoms with Crippen molar-refractivity contribution in [3.63, 3.8) is 0 Å². The lowest BCUT2D eigenvalue weighted by Gasteiger charge is -2.21. The maximum atomic E-state index is 11.9. The average Bonchev–Trinajstić information content (AvgIpc) is 2.21. The summed E-state index contributed by atoms with van der Waals surface area (Å²) in [5, 5.41) is 9.46. The molecule has 0 aromatic heterocycles. The van der Waals surface area contributed by atoms with E-state index >= 15 is 0 Å². The first-order valence-electron chi connectivity index (χ1n) is 5.35. The van der Waals surface area contributed by atoms with Crippen molar-refractivity contribution in [3.8, 4) is 0 Å². The molecule has 0 bridgehead atoms. The zero-order chi connectivity index (χ0) is 13.3. The van der Waals surface area contributed by atoms with Gasteiger partial charge in [-0.1, -0.05) is 0 Å². The molecule has 0 aliphatic carbocycles. The third-order valence-corrected chi connectivity index (χ3v) is 2.04. The van der Waals surface area contributed by atoms with Gasteiger partial charge in [0.25, 0.3) is 0 Å². The van der Waals surface area contributed by atoms with Crippen LogP contribution < -0.4 is 0 Å². The number of aliphatic hydroxyl groups excluding tert-OH is 1. The summed E-state index contributed by atoms with van der Waals surface area (Å²) in [6.45, 7) is 0.915. The molecule has 1 N–H and O–H groups in total. The average molecular weight is 259 g/mol. The number of rotatable bonds is 9. The number of aliphatic hydroxyl groups is 1. The van der Waals surface area contributed by atoms with E-state index in [0.29, 0.717) is 13.2 Å². The van der Waals surface area contributed by atoms with Gasteiger partial charge in [-0.15, -0.1) is 0 Å². The summed E-state index contributed by atoms with van der Waals surface area (Å²) in [5.74, 6) is 0. The SMILES string of the molecule is COCCOCC(O)CN(C)CCC(F)(F)F. The normalized spacial score (nSPS) is 14.3. The highest BCUT2D eigenvalue weighted by Gasteiger charge is 2.27. The van der Waals surface area contributed by atoms with Gasteiger partial charge < -0.3 is 19.5 Å². The third kappa shape index (κ3) is 11.9. The molecule has 0 aromatic carbocycles. The van der Waals surface area contributed by atoms with E-state index in [-0.39, 0.29) is 19.7 Å². The topological polar surface area (TPSA) is 41.9 Å². The number of hydrogen-bond donors (Lipinski definition) is 1. The fraction of sp³-hybridized carbons (Fsp3) is 1.00. The van der Waals surface area contributed by atoms with Crippen LogP contribution in [0, 0.1) is 0 Å². The van der Waals surface area contributed by atoms with Gasteiger partial charge >= 0.3 is 6.18 Å². The van der Waals surface area contributed by atoms with Crippen molar-refractivity contribution in [2.24, 2.45) is 0 Å². The van der Waals surface area contributed by atoms with Gasteiger partial charge in [0, 0.05) is 20.2 Å². The molecule has 0 aromatic rings. The number of methoxy groups -OCH3 is 1. The van der Waals surface area contributed by atoms with E-state index in [1.54, 1.807) is 0 Å². The van der Waals surface area contributed by atoms with Crippen molar-refractivity contribution in [3.05, 3.63) is 0 Å². The molecular formula is C10H20F3NO3. The summed E-state index contributed by atoms with van der Waals surface area (Å²) in [6, 6.07) is 0. The molecule has 0 fully saturated rings. The van der Waals surface area contributed by atoms with Gasteiger partial charge in [0.2, 0.25) is 0 Å². The second-order valence-corrected chi connectivity index (χ2v) is 3.85. The molecule has 4 nitrogen and oxygen atoms in total. The molecule has 1 unspecified atom stereocenters. The lowest BCUT2D eigenvalue weighted by molar-refractivity contribution is -0.138. The van der Waals surface area contributed by atoms with Gasteiger partial charge in [0.05, 0.1) is 32.3 Å². The number of alkyl halides is 3. The molecule has 0 amide bonds. The summed E-state index contributed by atoms with van der Waals surface area (Å²) in [7, 11) is 3.06. The predicted octanol–water partition coefficient (Wildman–Crippen LogP) is 0.895. The zero-order valence-corrected chi connectivity index (χ0v) is 10.2. The van der Waals surface area contributed by atoms with Gasteiger partial charge in [-0.3, -0.25) is 0 Å². The number of hydrogen-bond acceptors (Lipinski definition) is 4. The molecule has 0 aliphatic rings. The fourth-order valence-electron chi connectivity index (χ4n) is 1.18. The Morgan fingerprint density at radius 3 is 2.47 bits per heavy atom. The highest BCUT2D eigenvalue weighted by molar-refractivity contribution is 4.62. The van der Waals surface area contributed by atoms with Crippen molar-refractivity contribution < 1.29 is 27.8 Å². The van der Waals surface area contributed by atoms with Crippen LogP contribution in [0.5, 0.6) is 0 Å². The Morgan fingerprint density at radius 1 is 1.29 bits per heavy atom. The van der Waals surface area contributed by atoms with Gasteiger partial charge in [0.1, 0.15) is 0 Å². The minimum atomic E-state index is -4.16. The van der Waals surface area contributed by atoms with E-state index in [2.05, 4.69) is 0 Å². The van der Waals surface area contributed by atoms with Crippen LogP contribution in [0.15, 0.2) is 0 Å². The molecule has 7 heteroatoms. The lowest BCUT2D eigenvalue weighted by atomic mass is 10.3. The Balaban J connectivity index is 3.55. The van der Waals surface area contributed by atoms with E-state index in [9.17, 15) is 18.3 Å². The second kappa shape index (κ2) is 8.68. The van der Waals surface area contributed by atoms with E-state index in [0.717, 1.165) is 0 Å². The Hall–Kier alpha value is -0.370. The number of ether oxygens (including phenoxy) is 2. The maximum Gasteiger partial charge on any atom is 0.390 e. The molecule has 0 saturated heterocycles. The van der Waals surface area contributed by atoms with E-state index in [1.165, 1.54) is 19.1 Å². The fourth-order valence-corrected chi connectivity index (χ4v) is 1.18. The Labute approximate surface area is 99.3 Å². The lowest BCUT2D eigenvalue weighted by Crippen LogP contribution is -2.34. The summed E-state index contributed by atoms with van der Waals surface area (Å²) in [5.41, 5.74) is 0. The van der Waals surface area contributed by atoms with E-state index in [4.69, 9.17) is 9.47 Å². The second-order valence-electron chi connectivity index (χ2n) is 3.85. The molecule has 0 heterocycles. The predicted molar refractivity (Wildman–Crippen MR) is 56.9 cm³/mol. The van der Waals surface area contributed by atoms with Crippen LogP contribution in [-0.4, -0.2) is 69.4 Å². The first-order valence-corrected chi connectivity index (χ1v) is 5.35. The number of halogens is 3. The molecule has 104 valence electrons. The first-order chi connectivity index (χ1) is 7.85. The molecule has 0 spiro atoms. The highest BCUT2D eigenvalue weighted by atomic mass is 19.4. The molecule has 0 aliphatic heterocycles. The first kappa shape index (κ1) is 16.6. The highest BCUT2D eigenvalue weighted by Crippen LogP contribution is 2.19. The minimum Gasteiger partial charge on any atom is -0.389 e. The number of likely N-dealkylation sites (N-methyl/N-ethyl adjacent to an activating group) is 1. The van der Waals surface area contributed by atoms with Crippen LogP contribution in [0.3, 0.4) is 0 Å². The van der Waals surface area contributed by atoms with Gasteiger partial charge in [-0.2, -0.15) is 13.2 Å². The Bertz CT molecular complexity index is 190. The monoisotopic (exact) mass is 259 g/mol. The summed E-state index contributed by atoms with van der Waals surface area (Å²) in [4.78, 5) is 1.43. The smallest absolute Gasteiger partial charge is 0.389 e. The zero-order valence-electron chi connectivity index (χ0n) is 10.2. The summed E-state index contributed by atoms with van der Waals surface area (Å²) in [6.07, 6.45) is -5.82. The van der Waals surface area contributed by atoms with Crippen LogP contribution in [0.4, 0.5) is 13.2 Å². The Kier molecular flexibility index (Phi) is 8.49. The van der Waals surface area contributed by atoms with Gasteiger partial charge in [-0.25, -0.2) is 0 Å². The molecule has 0 saturated carbocycles. The van der Waals surface area contributed by atoms with Crippen LogP contribution >= 0.6 is 0 Å². The van der Waals surface area contributed by atoms with Crippen molar-refractivity contribution in [1.82, 2.24) is 4.90 Å². The van der Waals surface area contributed by atoms with Crippen LogP contribution in [0.25, 0.3) is 0 Å². The quantitative estimate of drug-likeness (QED) is 0.625.